The number of nitrogens with zero attached hydrogens (tertiary/aromatic N) is 1. The summed E-state index contributed by atoms with van der Waals surface area (Å²) in [7, 11) is 0. The lowest BCUT2D eigenvalue weighted by Crippen LogP contribution is -2.24. The lowest BCUT2D eigenvalue weighted by atomic mass is 9.67. The summed E-state index contributed by atoms with van der Waals surface area (Å²) >= 11 is 0. The monoisotopic (exact) mass is 639 g/mol. The van der Waals surface area contributed by atoms with Gasteiger partial charge in [0.15, 0.2) is 0 Å². The van der Waals surface area contributed by atoms with Gasteiger partial charge >= 0.3 is 0 Å². The maximum Gasteiger partial charge on any atom is 0.0467 e. The summed E-state index contributed by atoms with van der Waals surface area (Å²) in [5.74, 6) is 0. The van der Waals surface area contributed by atoms with Crippen LogP contribution in [-0.4, -0.2) is 0 Å². The first kappa shape index (κ1) is 29.9. The molecule has 0 atom stereocenters. The van der Waals surface area contributed by atoms with E-state index in [9.17, 15) is 0 Å². The molecule has 0 saturated heterocycles. The molecule has 1 heteroatoms. The molecule has 1 aliphatic carbocycles. The minimum atomic E-state index is -0.155. The van der Waals surface area contributed by atoms with Gasteiger partial charge in [-0.1, -0.05) is 153 Å². The fourth-order valence-electron chi connectivity index (χ4n) is 7.95. The highest BCUT2D eigenvalue weighted by Crippen LogP contribution is 2.52. The Morgan fingerprint density at radius 2 is 0.880 bits per heavy atom. The second kappa shape index (κ2) is 12.1. The van der Waals surface area contributed by atoms with Crippen LogP contribution in [0.15, 0.2) is 188 Å². The van der Waals surface area contributed by atoms with Crippen LogP contribution in [0.1, 0.15) is 25.0 Å². The zero-order chi connectivity index (χ0) is 33.7. The summed E-state index contributed by atoms with van der Waals surface area (Å²) in [6, 6.07) is 68.4. The Kier molecular flexibility index (Phi) is 7.21. The molecule has 0 saturated carbocycles. The van der Waals surface area contributed by atoms with Crippen molar-refractivity contribution in [3.8, 4) is 44.5 Å². The normalized spacial score (nSPS) is 12.8. The van der Waals surface area contributed by atoms with E-state index in [1.807, 2.05) is 0 Å². The average molecular weight is 640 g/mol. The van der Waals surface area contributed by atoms with Crippen molar-refractivity contribution in [1.82, 2.24) is 0 Å². The molecule has 0 heterocycles. The molecule has 0 aromatic heterocycles. The van der Waals surface area contributed by atoms with E-state index in [1.54, 1.807) is 0 Å². The molecule has 8 aromatic carbocycles. The van der Waals surface area contributed by atoms with Crippen LogP contribution >= 0.6 is 0 Å². The molecule has 0 N–H and O–H groups in total. The van der Waals surface area contributed by atoms with E-state index >= 15 is 0 Å². The number of anilines is 3. The van der Waals surface area contributed by atoms with Crippen LogP contribution in [0.25, 0.3) is 55.3 Å². The Balaban J connectivity index is 1.15. The number of benzene rings is 8. The number of fused-ring (bicyclic) bond motifs is 2. The standard InChI is InChI=1S/C49H37N/c1-49(2)45-26-14-17-35-27-29-43(34-15-6-3-7-16-34)48(47(35)45)44-30-28-39(33-46(44)49)37-19-12-18-36(31-37)38-20-13-25-42(32-38)50(40-21-8-4-9-22-40)41-23-10-5-11-24-41/h3-33H,1-2H3. The fourth-order valence-corrected chi connectivity index (χ4v) is 7.95. The fraction of sp³-hybridized carbons (Fsp3) is 0.0612. The molecule has 0 spiro atoms. The van der Waals surface area contributed by atoms with Crippen molar-refractivity contribution in [2.45, 2.75) is 19.3 Å². The summed E-state index contributed by atoms with van der Waals surface area (Å²) in [4.78, 5) is 2.32. The first-order chi connectivity index (χ1) is 24.6. The zero-order valence-electron chi connectivity index (χ0n) is 28.3. The van der Waals surface area contributed by atoms with Crippen LogP contribution in [0.3, 0.4) is 0 Å². The van der Waals surface area contributed by atoms with Gasteiger partial charge in [0, 0.05) is 22.5 Å². The Morgan fingerprint density at radius 3 is 1.56 bits per heavy atom. The molecule has 1 aliphatic rings. The summed E-state index contributed by atoms with van der Waals surface area (Å²) in [5, 5.41) is 2.68. The Morgan fingerprint density at radius 1 is 0.360 bits per heavy atom. The van der Waals surface area contributed by atoms with Crippen molar-refractivity contribution in [3.63, 3.8) is 0 Å². The van der Waals surface area contributed by atoms with Crippen molar-refractivity contribution >= 4 is 27.8 Å². The summed E-state index contributed by atoms with van der Waals surface area (Å²) in [6.45, 7) is 4.77. The van der Waals surface area contributed by atoms with E-state index in [4.69, 9.17) is 0 Å². The predicted octanol–water partition coefficient (Wildman–Crippen LogP) is 13.6. The smallest absolute Gasteiger partial charge is 0.0467 e. The Hall–Kier alpha value is -6.18. The van der Waals surface area contributed by atoms with Gasteiger partial charge in [-0.05, 0) is 115 Å². The molecular weight excluding hydrogens is 603 g/mol. The molecule has 238 valence electrons. The highest BCUT2D eigenvalue weighted by Gasteiger charge is 2.35. The highest BCUT2D eigenvalue weighted by atomic mass is 15.1. The van der Waals surface area contributed by atoms with Gasteiger partial charge in [-0.3, -0.25) is 0 Å². The summed E-state index contributed by atoms with van der Waals surface area (Å²) < 4.78 is 0. The van der Waals surface area contributed by atoms with Gasteiger partial charge < -0.3 is 4.90 Å². The van der Waals surface area contributed by atoms with Crippen LogP contribution in [0, 0.1) is 0 Å². The highest BCUT2D eigenvalue weighted by molar-refractivity contribution is 6.09. The average Bonchev–Trinajstić information content (AvgIpc) is 3.18. The first-order valence-electron chi connectivity index (χ1n) is 17.4. The van der Waals surface area contributed by atoms with Crippen molar-refractivity contribution in [3.05, 3.63) is 199 Å². The van der Waals surface area contributed by atoms with Crippen LogP contribution in [0.2, 0.25) is 0 Å². The summed E-state index contributed by atoms with van der Waals surface area (Å²) in [6.07, 6.45) is 0. The zero-order valence-corrected chi connectivity index (χ0v) is 28.3. The van der Waals surface area contributed by atoms with E-state index in [2.05, 4.69) is 207 Å². The maximum atomic E-state index is 2.45. The van der Waals surface area contributed by atoms with E-state index < -0.39 is 0 Å². The molecule has 0 fully saturated rings. The topological polar surface area (TPSA) is 3.24 Å². The number of hydrogen-bond acceptors (Lipinski definition) is 1. The number of rotatable bonds is 6. The second-order valence-corrected chi connectivity index (χ2v) is 13.8. The van der Waals surface area contributed by atoms with Gasteiger partial charge in [0.25, 0.3) is 0 Å². The van der Waals surface area contributed by atoms with Crippen LogP contribution in [0.5, 0.6) is 0 Å². The molecular formula is C49H37N. The Labute approximate surface area is 294 Å². The van der Waals surface area contributed by atoms with Gasteiger partial charge in [-0.15, -0.1) is 0 Å². The van der Waals surface area contributed by atoms with E-state index in [1.165, 1.54) is 66.4 Å². The van der Waals surface area contributed by atoms with E-state index in [0.29, 0.717) is 0 Å². The van der Waals surface area contributed by atoms with Crippen molar-refractivity contribution < 1.29 is 0 Å². The quantitative estimate of drug-likeness (QED) is 0.175. The van der Waals surface area contributed by atoms with E-state index in [0.717, 1.165) is 17.1 Å². The minimum Gasteiger partial charge on any atom is -0.310 e. The molecule has 0 aliphatic heterocycles. The van der Waals surface area contributed by atoms with Gasteiger partial charge in [0.05, 0.1) is 0 Å². The van der Waals surface area contributed by atoms with Crippen molar-refractivity contribution in [1.29, 1.82) is 0 Å². The third kappa shape index (κ3) is 5.02. The van der Waals surface area contributed by atoms with Crippen LogP contribution in [0.4, 0.5) is 17.1 Å². The largest absolute Gasteiger partial charge is 0.310 e. The maximum absolute atomic E-state index is 2.45. The van der Waals surface area contributed by atoms with E-state index in [-0.39, 0.29) is 5.41 Å². The van der Waals surface area contributed by atoms with Crippen LogP contribution < -0.4 is 4.90 Å². The molecule has 0 unspecified atom stereocenters. The third-order valence-electron chi connectivity index (χ3n) is 10.4. The second-order valence-electron chi connectivity index (χ2n) is 13.8. The SMILES string of the molecule is CC1(C)c2cc(-c3cccc(-c4cccc(N(c5ccccc5)c5ccccc5)c4)c3)ccc2-c2c(-c3ccccc3)ccc3cccc1c23. The number of hydrogen-bond donors (Lipinski definition) is 0. The molecule has 50 heavy (non-hydrogen) atoms. The van der Waals surface area contributed by atoms with Crippen molar-refractivity contribution in [2.24, 2.45) is 0 Å². The van der Waals surface area contributed by atoms with Gasteiger partial charge in [-0.25, -0.2) is 0 Å². The lowest BCUT2D eigenvalue weighted by Gasteiger charge is -2.36. The third-order valence-corrected chi connectivity index (χ3v) is 10.4. The molecule has 0 radical (unpaired) electrons. The summed E-state index contributed by atoms with van der Waals surface area (Å²) in [5.41, 5.74) is 16.0. The number of para-hydroxylation sites is 2. The Bertz CT molecular complexity index is 2450. The first-order valence-corrected chi connectivity index (χ1v) is 17.4. The van der Waals surface area contributed by atoms with Gasteiger partial charge in [0.2, 0.25) is 0 Å². The predicted molar refractivity (Wildman–Crippen MR) is 213 cm³/mol. The molecule has 1 nitrogen and oxygen atoms in total. The molecule has 0 bridgehead atoms. The van der Waals surface area contributed by atoms with Gasteiger partial charge in [-0.2, -0.15) is 0 Å². The van der Waals surface area contributed by atoms with Gasteiger partial charge in [0.1, 0.15) is 0 Å². The molecule has 8 aromatic rings. The lowest BCUT2D eigenvalue weighted by molar-refractivity contribution is 0.645. The molecule has 0 amide bonds. The van der Waals surface area contributed by atoms with Crippen LogP contribution in [-0.2, 0) is 5.41 Å². The minimum absolute atomic E-state index is 0.155. The van der Waals surface area contributed by atoms with Crippen molar-refractivity contribution in [2.75, 3.05) is 4.90 Å². The molecule has 9 rings (SSSR count).